The van der Waals surface area contributed by atoms with E-state index in [1.807, 2.05) is 12.1 Å². The van der Waals surface area contributed by atoms with Crippen LogP contribution < -0.4 is 10.1 Å². The van der Waals surface area contributed by atoms with Crippen molar-refractivity contribution in [3.8, 4) is 5.75 Å². The fourth-order valence-electron chi connectivity index (χ4n) is 1.63. The van der Waals surface area contributed by atoms with Gasteiger partial charge in [0.2, 0.25) is 5.95 Å². The number of rotatable bonds is 4. The Bertz CT molecular complexity index is 587. The van der Waals surface area contributed by atoms with Gasteiger partial charge < -0.3 is 10.1 Å². The molecule has 0 aliphatic carbocycles. The number of benzene rings is 1. The predicted octanol–water partition coefficient (Wildman–Crippen LogP) is 3.12. The first-order valence-corrected chi connectivity index (χ1v) is 5.76. The van der Waals surface area contributed by atoms with E-state index in [1.165, 1.54) is 7.11 Å². The number of nitrogens with zero attached hydrogens (tertiary/aromatic N) is 2. The van der Waals surface area contributed by atoms with Gasteiger partial charge in [0.25, 0.3) is 0 Å². The van der Waals surface area contributed by atoms with Crippen LogP contribution in [0.5, 0.6) is 5.75 Å². The van der Waals surface area contributed by atoms with Crippen LogP contribution in [0.4, 0.5) is 19.1 Å². The lowest BCUT2D eigenvalue weighted by molar-refractivity contribution is -0.141. The van der Waals surface area contributed by atoms with E-state index in [2.05, 4.69) is 15.3 Å². The number of anilines is 1. The van der Waals surface area contributed by atoms with Crippen molar-refractivity contribution in [2.75, 3.05) is 12.4 Å². The summed E-state index contributed by atoms with van der Waals surface area (Å²) in [4.78, 5) is 7.19. The molecule has 1 N–H and O–H groups in total. The molecule has 2 aromatic rings. The van der Waals surface area contributed by atoms with Gasteiger partial charge in [0.05, 0.1) is 7.11 Å². The first-order chi connectivity index (χ1) is 9.50. The lowest BCUT2D eigenvalue weighted by atomic mass is 10.2. The Labute approximate surface area is 113 Å². The number of aromatic nitrogens is 2. The Hall–Kier alpha value is -2.31. The molecular formula is C13H12F3N3O. The molecular weight excluding hydrogens is 271 g/mol. The van der Waals surface area contributed by atoms with Gasteiger partial charge in [-0.1, -0.05) is 18.2 Å². The summed E-state index contributed by atoms with van der Waals surface area (Å²) in [5.41, 5.74) is -0.175. The van der Waals surface area contributed by atoms with E-state index in [1.54, 1.807) is 12.1 Å². The molecule has 1 aromatic carbocycles. The van der Waals surface area contributed by atoms with Crippen LogP contribution in [0.15, 0.2) is 36.5 Å². The largest absolute Gasteiger partial charge is 0.496 e. The summed E-state index contributed by atoms with van der Waals surface area (Å²) in [7, 11) is 1.53. The maximum Gasteiger partial charge on any atom is 0.433 e. The maximum atomic E-state index is 12.5. The van der Waals surface area contributed by atoms with E-state index < -0.39 is 11.9 Å². The van der Waals surface area contributed by atoms with Crippen LogP contribution in [0, 0.1) is 0 Å². The van der Waals surface area contributed by atoms with Crippen molar-refractivity contribution in [1.82, 2.24) is 9.97 Å². The lowest BCUT2D eigenvalue weighted by Crippen LogP contribution is -2.11. The molecule has 1 heterocycles. The van der Waals surface area contributed by atoms with Gasteiger partial charge >= 0.3 is 6.18 Å². The normalized spacial score (nSPS) is 11.2. The second-order valence-corrected chi connectivity index (χ2v) is 3.93. The lowest BCUT2D eigenvalue weighted by Gasteiger charge is -2.10. The second-order valence-electron chi connectivity index (χ2n) is 3.93. The molecule has 4 nitrogen and oxygen atoms in total. The van der Waals surface area contributed by atoms with Crippen molar-refractivity contribution >= 4 is 5.95 Å². The zero-order chi connectivity index (χ0) is 14.6. The number of alkyl halides is 3. The van der Waals surface area contributed by atoms with Gasteiger partial charge in [-0.25, -0.2) is 9.97 Å². The Morgan fingerprint density at radius 3 is 2.65 bits per heavy atom. The predicted molar refractivity (Wildman–Crippen MR) is 67.4 cm³/mol. The molecule has 0 aliphatic heterocycles. The van der Waals surface area contributed by atoms with Crippen molar-refractivity contribution in [2.45, 2.75) is 12.7 Å². The number of methoxy groups -OCH3 is 1. The average Bonchev–Trinajstić information content (AvgIpc) is 2.45. The van der Waals surface area contributed by atoms with E-state index in [9.17, 15) is 13.2 Å². The molecule has 106 valence electrons. The fraction of sp³-hybridized carbons (Fsp3) is 0.231. The third kappa shape index (κ3) is 3.37. The summed E-state index contributed by atoms with van der Waals surface area (Å²) in [5, 5.41) is 2.75. The number of hydrogen-bond acceptors (Lipinski definition) is 4. The van der Waals surface area contributed by atoms with Gasteiger partial charge in [0.15, 0.2) is 0 Å². The first kappa shape index (κ1) is 14.1. The number of hydrogen-bond donors (Lipinski definition) is 1. The summed E-state index contributed by atoms with van der Waals surface area (Å²) < 4.78 is 42.7. The first-order valence-electron chi connectivity index (χ1n) is 5.76. The minimum atomic E-state index is -4.48. The maximum absolute atomic E-state index is 12.5. The topological polar surface area (TPSA) is 47.0 Å². The molecule has 0 spiro atoms. The number of halogens is 3. The molecule has 0 radical (unpaired) electrons. The van der Waals surface area contributed by atoms with Crippen LogP contribution in [0.2, 0.25) is 0 Å². The van der Waals surface area contributed by atoms with E-state index in [-0.39, 0.29) is 12.5 Å². The van der Waals surface area contributed by atoms with Crippen LogP contribution >= 0.6 is 0 Å². The number of ether oxygens (including phenoxy) is 1. The molecule has 0 saturated heterocycles. The summed E-state index contributed by atoms with van der Waals surface area (Å²) in [5.74, 6) is 0.567. The van der Waals surface area contributed by atoms with Crippen molar-refractivity contribution in [2.24, 2.45) is 0 Å². The molecule has 0 amide bonds. The highest BCUT2D eigenvalue weighted by atomic mass is 19.4. The standard InChI is InChI=1S/C13H12F3N3O/c1-20-10-5-3-2-4-9(10)8-18-12-17-7-6-11(19-12)13(14,15)16/h2-7H,8H2,1H3,(H,17,18,19). The average molecular weight is 283 g/mol. The summed E-state index contributed by atoms with van der Waals surface area (Å²) in [6.07, 6.45) is -3.41. The molecule has 20 heavy (non-hydrogen) atoms. The minimum absolute atomic E-state index is 0.0780. The molecule has 1 aromatic heterocycles. The van der Waals surface area contributed by atoms with E-state index in [4.69, 9.17) is 4.74 Å². The van der Waals surface area contributed by atoms with Crippen LogP contribution in [-0.2, 0) is 12.7 Å². The monoisotopic (exact) mass is 283 g/mol. The molecule has 0 atom stereocenters. The van der Waals surface area contributed by atoms with Gasteiger partial charge in [-0.15, -0.1) is 0 Å². The van der Waals surface area contributed by atoms with Gasteiger partial charge in [0, 0.05) is 18.3 Å². The van der Waals surface area contributed by atoms with Crippen molar-refractivity contribution in [1.29, 1.82) is 0 Å². The van der Waals surface area contributed by atoms with E-state index in [0.717, 1.165) is 17.8 Å². The molecule has 0 fully saturated rings. The smallest absolute Gasteiger partial charge is 0.433 e. The van der Waals surface area contributed by atoms with Gasteiger partial charge in [-0.3, -0.25) is 0 Å². The third-order valence-corrected chi connectivity index (χ3v) is 2.58. The van der Waals surface area contributed by atoms with Crippen molar-refractivity contribution in [3.63, 3.8) is 0 Å². The summed E-state index contributed by atoms with van der Waals surface area (Å²) in [6.45, 7) is 0.269. The van der Waals surface area contributed by atoms with E-state index >= 15 is 0 Å². The van der Waals surface area contributed by atoms with Crippen molar-refractivity contribution in [3.05, 3.63) is 47.8 Å². The molecule has 0 bridgehead atoms. The Morgan fingerprint density at radius 2 is 1.95 bits per heavy atom. The zero-order valence-electron chi connectivity index (χ0n) is 10.6. The SMILES string of the molecule is COc1ccccc1CNc1nccc(C(F)(F)F)n1. The van der Waals surface area contributed by atoms with Crippen LogP contribution in [0.25, 0.3) is 0 Å². The van der Waals surface area contributed by atoms with Crippen LogP contribution in [0.1, 0.15) is 11.3 Å². The van der Waals surface area contributed by atoms with Crippen LogP contribution in [0.3, 0.4) is 0 Å². The highest BCUT2D eigenvalue weighted by molar-refractivity contribution is 5.37. The number of para-hydroxylation sites is 1. The Balaban J connectivity index is 2.11. The fourth-order valence-corrected chi connectivity index (χ4v) is 1.63. The van der Waals surface area contributed by atoms with Gasteiger partial charge in [-0.2, -0.15) is 13.2 Å². The Kier molecular flexibility index (Phi) is 4.07. The van der Waals surface area contributed by atoms with Gasteiger partial charge in [0.1, 0.15) is 11.4 Å². The summed E-state index contributed by atoms with van der Waals surface area (Å²) in [6, 6.07) is 8.02. The van der Waals surface area contributed by atoms with Crippen LogP contribution in [-0.4, -0.2) is 17.1 Å². The molecule has 2 rings (SSSR count). The van der Waals surface area contributed by atoms with Crippen molar-refractivity contribution < 1.29 is 17.9 Å². The zero-order valence-corrected chi connectivity index (χ0v) is 10.6. The van der Waals surface area contributed by atoms with E-state index in [0.29, 0.717) is 5.75 Å². The number of nitrogens with one attached hydrogen (secondary N) is 1. The minimum Gasteiger partial charge on any atom is -0.496 e. The molecule has 0 saturated carbocycles. The second kappa shape index (κ2) is 5.77. The molecule has 0 aliphatic rings. The van der Waals surface area contributed by atoms with Gasteiger partial charge in [-0.05, 0) is 12.1 Å². The highest BCUT2D eigenvalue weighted by Crippen LogP contribution is 2.27. The highest BCUT2D eigenvalue weighted by Gasteiger charge is 2.32. The molecule has 0 unspecified atom stereocenters. The summed E-state index contributed by atoms with van der Waals surface area (Å²) >= 11 is 0. The quantitative estimate of drug-likeness (QED) is 0.936. The third-order valence-electron chi connectivity index (χ3n) is 2.58. The Morgan fingerprint density at radius 1 is 1.20 bits per heavy atom. The molecule has 7 heteroatoms.